The van der Waals surface area contributed by atoms with Crippen molar-refractivity contribution in [3.05, 3.63) is 21.0 Å². The Labute approximate surface area is 121 Å². The normalized spacial score (nSPS) is 27.3. The van der Waals surface area contributed by atoms with Crippen molar-refractivity contribution in [2.75, 3.05) is 18.4 Å². The highest BCUT2D eigenvalue weighted by Crippen LogP contribution is 2.30. The zero-order valence-corrected chi connectivity index (χ0v) is 12.7. The first kappa shape index (κ1) is 13.1. The van der Waals surface area contributed by atoms with Gasteiger partial charge in [-0.3, -0.25) is 9.69 Å². The molecule has 19 heavy (non-hydrogen) atoms. The Morgan fingerprint density at radius 1 is 1.37 bits per heavy atom. The fraction of sp³-hybridized carbons (Fsp3) is 0.692. The van der Waals surface area contributed by atoms with E-state index in [1.807, 2.05) is 0 Å². The molecule has 0 aromatic carbocycles. The molecule has 2 saturated heterocycles. The maximum absolute atomic E-state index is 11.8. The number of hydrogen-bond donors (Lipinski definition) is 1. The number of piperidine rings is 1. The van der Waals surface area contributed by atoms with Gasteiger partial charge in [-0.1, -0.05) is 6.42 Å². The quantitative estimate of drug-likeness (QED) is 0.896. The Kier molecular flexibility index (Phi) is 3.62. The molecule has 2 fully saturated rings. The van der Waals surface area contributed by atoms with Gasteiger partial charge in [-0.05, 0) is 41.7 Å². The van der Waals surface area contributed by atoms with Crippen LogP contribution in [0.15, 0.2) is 15.5 Å². The Bertz CT molecular complexity index is 530. The fourth-order valence-electron chi connectivity index (χ4n) is 3.23. The van der Waals surface area contributed by atoms with E-state index in [4.69, 9.17) is 0 Å². The van der Waals surface area contributed by atoms with Crippen molar-refractivity contribution in [2.24, 2.45) is 7.05 Å². The summed E-state index contributed by atoms with van der Waals surface area (Å²) in [6.07, 6.45) is 6.77. The minimum Gasteiger partial charge on any atom is -0.378 e. The largest absolute Gasteiger partial charge is 0.378 e. The third-order valence-corrected chi connectivity index (χ3v) is 5.04. The summed E-state index contributed by atoms with van der Waals surface area (Å²) in [5.74, 6) is 0. The molecule has 2 aliphatic heterocycles. The van der Waals surface area contributed by atoms with E-state index >= 15 is 0 Å². The number of rotatable bonds is 2. The van der Waals surface area contributed by atoms with Crippen LogP contribution in [0.3, 0.4) is 0 Å². The molecule has 5 nitrogen and oxygen atoms in total. The number of hydrogen-bond acceptors (Lipinski definition) is 4. The molecule has 0 spiro atoms. The van der Waals surface area contributed by atoms with Crippen LogP contribution in [0.5, 0.6) is 0 Å². The first-order valence-corrected chi connectivity index (χ1v) is 7.68. The maximum Gasteiger partial charge on any atom is 0.282 e. The predicted molar refractivity (Wildman–Crippen MR) is 78.4 cm³/mol. The molecule has 2 aliphatic rings. The minimum atomic E-state index is -0.0940. The summed E-state index contributed by atoms with van der Waals surface area (Å²) >= 11 is 3.38. The summed E-state index contributed by atoms with van der Waals surface area (Å²) in [6.45, 7) is 2.39. The van der Waals surface area contributed by atoms with Crippen LogP contribution in [0.25, 0.3) is 0 Å². The molecular weight excluding hydrogens is 308 g/mol. The van der Waals surface area contributed by atoms with Crippen molar-refractivity contribution in [1.29, 1.82) is 0 Å². The van der Waals surface area contributed by atoms with E-state index < -0.39 is 0 Å². The van der Waals surface area contributed by atoms with Crippen molar-refractivity contribution in [2.45, 2.75) is 37.8 Å². The number of nitrogens with zero attached hydrogens (tertiary/aromatic N) is 3. The van der Waals surface area contributed by atoms with Gasteiger partial charge >= 0.3 is 0 Å². The molecule has 1 N–H and O–H groups in total. The Morgan fingerprint density at radius 3 is 3.05 bits per heavy atom. The molecule has 3 heterocycles. The third-order valence-electron chi connectivity index (χ3n) is 4.28. The highest BCUT2D eigenvalue weighted by Gasteiger charge is 2.35. The summed E-state index contributed by atoms with van der Waals surface area (Å²) in [7, 11) is 1.66. The average Bonchev–Trinajstić information content (AvgIpc) is 2.83. The van der Waals surface area contributed by atoms with Crippen LogP contribution in [-0.4, -0.2) is 39.9 Å². The second-order valence-electron chi connectivity index (χ2n) is 5.44. The van der Waals surface area contributed by atoms with Gasteiger partial charge in [-0.25, -0.2) is 4.68 Å². The Morgan fingerprint density at radius 2 is 2.21 bits per heavy atom. The van der Waals surface area contributed by atoms with E-state index in [0.29, 0.717) is 16.6 Å². The van der Waals surface area contributed by atoms with Crippen molar-refractivity contribution >= 4 is 21.6 Å². The summed E-state index contributed by atoms with van der Waals surface area (Å²) < 4.78 is 1.93. The molecule has 104 valence electrons. The van der Waals surface area contributed by atoms with Crippen LogP contribution in [0.1, 0.15) is 25.7 Å². The average molecular weight is 327 g/mol. The van der Waals surface area contributed by atoms with E-state index in [1.54, 1.807) is 13.2 Å². The van der Waals surface area contributed by atoms with Crippen LogP contribution in [0.4, 0.5) is 5.69 Å². The lowest BCUT2D eigenvalue weighted by Gasteiger charge is -2.33. The van der Waals surface area contributed by atoms with Gasteiger partial charge < -0.3 is 5.32 Å². The van der Waals surface area contributed by atoms with Crippen LogP contribution in [-0.2, 0) is 7.05 Å². The lowest BCUT2D eigenvalue weighted by atomic mass is 9.99. The number of aromatic nitrogens is 2. The van der Waals surface area contributed by atoms with Gasteiger partial charge in [0.25, 0.3) is 5.56 Å². The molecule has 0 bridgehead atoms. The van der Waals surface area contributed by atoms with Gasteiger partial charge in [0.05, 0.1) is 11.9 Å². The van der Waals surface area contributed by atoms with E-state index in [-0.39, 0.29) is 5.56 Å². The molecule has 3 rings (SSSR count). The number of nitrogens with one attached hydrogen (secondary N) is 1. The van der Waals surface area contributed by atoms with Gasteiger partial charge in [-0.2, -0.15) is 5.10 Å². The van der Waals surface area contributed by atoms with E-state index in [1.165, 1.54) is 30.5 Å². The Balaban J connectivity index is 1.79. The number of fused-ring (bicyclic) bond motifs is 1. The molecule has 0 saturated carbocycles. The highest BCUT2D eigenvalue weighted by molar-refractivity contribution is 9.10. The lowest BCUT2D eigenvalue weighted by molar-refractivity contribution is 0.192. The molecular formula is C13H19BrN4O. The molecule has 0 amide bonds. The molecule has 1 aromatic rings. The van der Waals surface area contributed by atoms with E-state index in [2.05, 4.69) is 31.2 Å². The van der Waals surface area contributed by atoms with Gasteiger partial charge in [0.1, 0.15) is 4.47 Å². The lowest BCUT2D eigenvalue weighted by Crippen LogP contribution is -2.42. The monoisotopic (exact) mass is 326 g/mol. The fourth-order valence-corrected chi connectivity index (χ4v) is 3.70. The van der Waals surface area contributed by atoms with Crippen molar-refractivity contribution in [1.82, 2.24) is 14.7 Å². The zero-order valence-electron chi connectivity index (χ0n) is 11.1. The first-order chi connectivity index (χ1) is 9.16. The summed E-state index contributed by atoms with van der Waals surface area (Å²) in [4.78, 5) is 14.4. The second kappa shape index (κ2) is 5.25. The van der Waals surface area contributed by atoms with E-state index in [9.17, 15) is 4.79 Å². The smallest absolute Gasteiger partial charge is 0.282 e. The predicted octanol–water partition coefficient (Wildman–Crippen LogP) is 1.58. The van der Waals surface area contributed by atoms with Crippen LogP contribution in [0.2, 0.25) is 0 Å². The molecule has 1 aromatic heterocycles. The SMILES string of the molecule is Cn1ncc(NC2CCN3CCCCC23)c(Br)c1=O. The molecule has 6 heteroatoms. The van der Waals surface area contributed by atoms with Crippen molar-refractivity contribution < 1.29 is 0 Å². The molecule has 0 radical (unpaired) electrons. The number of halogens is 1. The van der Waals surface area contributed by atoms with Gasteiger partial charge in [0, 0.05) is 25.7 Å². The summed E-state index contributed by atoms with van der Waals surface area (Å²) in [5.41, 5.74) is 0.726. The first-order valence-electron chi connectivity index (χ1n) is 6.89. The van der Waals surface area contributed by atoms with Gasteiger partial charge in [0.2, 0.25) is 0 Å². The minimum absolute atomic E-state index is 0.0940. The molecule has 0 aliphatic carbocycles. The molecule has 2 atom stereocenters. The maximum atomic E-state index is 11.8. The van der Waals surface area contributed by atoms with Crippen LogP contribution in [0, 0.1) is 0 Å². The Hall–Kier alpha value is -0.880. The van der Waals surface area contributed by atoms with Crippen molar-refractivity contribution in [3.63, 3.8) is 0 Å². The van der Waals surface area contributed by atoms with Crippen LogP contribution >= 0.6 is 15.9 Å². The molecule has 2 unspecified atom stereocenters. The standard InChI is InChI=1S/C13H19BrN4O/c1-17-13(19)12(14)10(8-15-17)16-9-5-7-18-6-3-2-4-11(9)18/h8-9,11,16H,2-7H2,1H3. The van der Waals surface area contributed by atoms with Gasteiger partial charge in [-0.15, -0.1) is 0 Å². The van der Waals surface area contributed by atoms with E-state index in [0.717, 1.165) is 18.7 Å². The summed E-state index contributed by atoms with van der Waals surface area (Å²) in [6, 6.07) is 1.05. The summed E-state index contributed by atoms with van der Waals surface area (Å²) in [5, 5.41) is 7.60. The highest BCUT2D eigenvalue weighted by atomic mass is 79.9. The van der Waals surface area contributed by atoms with Crippen LogP contribution < -0.4 is 10.9 Å². The van der Waals surface area contributed by atoms with Crippen molar-refractivity contribution in [3.8, 4) is 0 Å². The van der Waals surface area contributed by atoms with Gasteiger partial charge in [0.15, 0.2) is 0 Å². The zero-order chi connectivity index (χ0) is 13.4. The topological polar surface area (TPSA) is 50.2 Å². The number of anilines is 1. The number of aryl methyl sites for hydroxylation is 1. The third kappa shape index (κ3) is 2.43. The second-order valence-corrected chi connectivity index (χ2v) is 6.23.